The van der Waals surface area contributed by atoms with Crippen LogP contribution in [0.2, 0.25) is 0 Å². The molecule has 0 aliphatic rings. The fraction of sp³-hybridized carbons (Fsp3) is 0.0833. The fourth-order valence-corrected chi connectivity index (χ4v) is 3.30. The lowest BCUT2D eigenvalue weighted by Gasteiger charge is -2.14. The molecule has 0 saturated carbocycles. The maximum atomic E-state index is 13.1. The van der Waals surface area contributed by atoms with E-state index in [2.05, 4.69) is 15.5 Å². The molecule has 8 heteroatoms. The molecule has 0 bridgehead atoms. The van der Waals surface area contributed by atoms with Crippen LogP contribution in [-0.2, 0) is 0 Å². The fourth-order valence-electron chi connectivity index (χ4n) is 3.30. The SMILES string of the molecule is CCOc1ccc(-n2c(O)c(C=NNC(=O)c3cccnc3)c3ccccc3c2=O)cc1. The van der Waals surface area contributed by atoms with Crippen molar-refractivity contribution in [2.24, 2.45) is 5.10 Å². The summed E-state index contributed by atoms with van der Waals surface area (Å²) in [5.74, 6) is -0.0836. The Hall–Kier alpha value is -4.46. The number of carbonyl (C=O) groups excluding carboxylic acids is 1. The number of nitrogens with one attached hydrogen (secondary N) is 1. The van der Waals surface area contributed by atoms with Crippen molar-refractivity contribution >= 4 is 22.9 Å². The molecule has 0 spiro atoms. The van der Waals surface area contributed by atoms with E-state index in [-0.39, 0.29) is 11.4 Å². The number of rotatable bonds is 6. The van der Waals surface area contributed by atoms with E-state index in [0.29, 0.717) is 39.9 Å². The van der Waals surface area contributed by atoms with Gasteiger partial charge in [0.15, 0.2) is 0 Å². The Kier molecular flexibility index (Phi) is 5.94. The molecule has 0 fully saturated rings. The number of aromatic hydroxyl groups is 1. The number of nitrogens with zero attached hydrogens (tertiary/aromatic N) is 3. The summed E-state index contributed by atoms with van der Waals surface area (Å²) in [7, 11) is 0. The average molecular weight is 428 g/mol. The Morgan fingerprint density at radius 3 is 2.56 bits per heavy atom. The molecule has 0 radical (unpaired) electrons. The standard InChI is InChI=1S/C24H20N4O4/c1-2-32-18-11-9-17(10-12-18)28-23(30)20-8-4-3-7-19(20)21(24(28)31)15-26-27-22(29)16-6-5-13-25-14-16/h3-15,31H,2H2,1H3,(H,27,29). The van der Waals surface area contributed by atoms with E-state index in [4.69, 9.17) is 4.74 Å². The molecule has 2 aromatic heterocycles. The molecule has 0 atom stereocenters. The van der Waals surface area contributed by atoms with Gasteiger partial charge in [-0.05, 0) is 49.4 Å². The lowest BCUT2D eigenvalue weighted by Crippen LogP contribution is -2.21. The van der Waals surface area contributed by atoms with Crippen LogP contribution in [0.25, 0.3) is 16.5 Å². The summed E-state index contributed by atoms with van der Waals surface area (Å²) in [5.41, 5.74) is 3.14. The van der Waals surface area contributed by atoms with Gasteiger partial charge in [0.25, 0.3) is 11.5 Å². The topological polar surface area (TPSA) is 106 Å². The van der Waals surface area contributed by atoms with E-state index >= 15 is 0 Å². The number of fused-ring (bicyclic) bond motifs is 1. The molecular formula is C24H20N4O4. The Bertz CT molecular complexity index is 1350. The summed E-state index contributed by atoms with van der Waals surface area (Å²) in [6.45, 7) is 2.40. The normalized spacial score (nSPS) is 11.0. The molecule has 0 saturated heterocycles. The third-order valence-corrected chi connectivity index (χ3v) is 4.79. The van der Waals surface area contributed by atoms with Crippen LogP contribution < -0.4 is 15.7 Å². The van der Waals surface area contributed by atoms with Crippen molar-refractivity contribution in [3.8, 4) is 17.3 Å². The predicted octanol–water partition coefficient (Wildman–Crippen LogP) is 3.25. The first-order valence-electron chi connectivity index (χ1n) is 9.93. The van der Waals surface area contributed by atoms with E-state index in [1.54, 1.807) is 66.9 Å². The minimum Gasteiger partial charge on any atom is -0.494 e. The Balaban J connectivity index is 1.76. The average Bonchev–Trinajstić information content (AvgIpc) is 2.83. The summed E-state index contributed by atoms with van der Waals surface area (Å²) in [5, 5.41) is 15.9. The zero-order chi connectivity index (χ0) is 22.5. The van der Waals surface area contributed by atoms with Gasteiger partial charge in [-0.25, -0.2) is 9.99 Å². The summed E-state index contributed by atoms with van der Waals surface area (Å²) in [4.78, 5) is 29.2. The molecule has 0 unspecified atom stereocenters. The highest BCUT2D eigenvalue weighted by Gasteiger charge is 2.16. The summed E-state index contributed by atoms with van der Waals surface area (Å²) < 4.78 is 6.64. The van der Waals surface area contributed by atoms with Crippen LogP contribution >= 0.6 is 0 Å². The van der Waals surface area contributed by atoms with Crippen molar-refractivity contribution in [3.05, 3.63) is 94.5 Å². The van der Waals surface area contributed by atoms with Gasteiger partial charge in [0.2, 0.25) is 5.88 Å². The van der Waals surface area contributed by atoms with Crippen molar-refractivity contribution in [1.82, 2.24) is 15.0 Å². The molecular weight excluding hydrogens is 408 g/mol. The number of benzene rings is 2. The van der Waals surface area contributed by atoms with Gasteiger partial charge in [-0.3, -0.25) is 14.6 Å². The first kappa shape index (κ1) is 20.8. The number of pyridine rings is 2. The number of hydrogen-bond donors (Lipinski definition) is 2. The molecule has 2 aromatic carbocycles. The highest BCUT2D eigenvalue weighted by atomic mass is 16.5. The van der Waals surface area contributed by atoms with Gasteiger partial charge in [-0.1, -0.05) is 18.2 Å². The van der Waals surface area contributed by atoms with Crippen LogP contribution in [0.3, 0.4) is 0 Å². The number of hydrazone groups is 1. The quantitative estimate of drug-likeness (QED) is 0.362. The van der Waals surface area contributed by atoms with E-state index in [1.165, 1.54) is 17.0 Å². The van der Waals surface area contributed by atoms with Gasteiger partial charge in [-0.2, -0.15) is 5.10 Å². The largest absolute Gasteiger partial charge is 0.494 e. The first-order valence-corrected chi connectivity index (χ1v) is 9.93. The van der Waals surface area contributed by atoms with Gasteiger partial charge in [0, 0.05) is 23.2 Å². The molecule has 2 heterocycles. The second-order valence-corrected chi connectivity index (χ2v) is 6.79. The van der Waals surface area contributed by atoms with E-state index < -0.39 is 5.91 Å². The maximum Gasteiger partial charge on any atom is 0.272 e. The Morgan fingerprint density at radius 2 is 1.88 bits per heavy atom. The smallest absolute Gasteiger partial charge is 0.272 e. The monoisotopic (exact) mass is 428 g/mol. The number of carbonyl (C=O) groups is 1. The van der Waals surface area contributed by atoms with Gasteiger partial charge >= 0.3 is 0 Å². The summed E-state index contributed by atoms with van der Waals surface area (Å²) >= 11 is 0. The number of amides is 1. The number of aromatic nitrogens is 2. The number of hydrogen-bond acceptors (Lipinski definition) is 6. The molecule has 32 heavy (non-hydrogen) atoms. The van der Waals surface area contributed by atoms with Gasteiger partial charge in [0.1, 0.15) is 5.75 Å². The number of ether oxygens (including phenoxy) is 1. The highest BCUT2D eigenvalue weighted by molar-refractivity contribution is 6.02. The van der Waals surface area contributed by atoms with Gasteiger partial charge in [-0.15, -0.1) is 0 Å². The molecule has 4 rings (SSSR count). The van der Waals surface area contributed by atoms with E-state index in [1.807, 2.05) is 6.92 Å². The lowest BCUT2D eigenvalue weighted by molar-refractivity contribution is 0.0954. The summed E-state index contributed by atoms with van der Waals surface area (Å²) in [6.07, 6.45) is 4.30. The zero-order valence-corrected chi connectivity index (χ0v) is 17.2. The molecule has 1 amide bonds. The molecule has 160 valence electrons. The minimum atomic E-state index is -0.446. The van der Waals surface area contributed by atoms with Crippen LogP contribution in [0.5, 0.6) is 11.6 Å². The van der Waals surface area contributed by atoms with Crippen molar-refractivity contribution in [2.45, 2.75) is 6.92 Å². The van der Waals surface area contributed by atoms with E-state index in [0.717, 1.165) is 0 Å². The molecule has 0 aliphatic carbocycles. The van der Waals surface area contributed by atoms with Crippen LogP contribution in [0.1, 0.15) is 22.8 Å². The lowest BCUT2D eigenvalue weighted by atomic mass is 10.1. The summed E-state index contributed by atoms with van der Waals surface area (Å²) in [6, 6.07) is 17.0. The second-order valence-electron chi connectivity index (χ2n) is 6.79. The van der Waals surface area contributed by atoms with Crippen LogP contribution in [0.15, 0.2) is 83.0 Å². The van der Waals surface area contributed by atoms with Gasteiger partial charge in [0.05, 0.1) is 29.6 Å². The van der Waals surface area contributed by atoms with Crippen molar-refractivity contribution < 1.29 is 14.6 Å². The van der Waals surface area contributed by atoms with Crippen molar-refractivity contribution in [2.75, 3.05) is 6.61 Å². The molecule has 0 aliphatic heterocycles. The minimum absolute atomic E-state index is 0.292. The molecule has 8 nitrogen and oxygen atoms in total. The van der Waals surface area contributed by atoms with Crippen LogP contribution in [0.4, 0.5) is 0 Å². The van der Waals surface area contributed by atoms with Gasteiger partial charge < -0.3 is 9.84 Å². The Morgan fingerprint density at radius 1 is 1.12 bits per heavy atom. The van der Waals surface area contributed by atoms with Crippen LogP contribution in [-0.4, -0.2) is 33.4 Å². The third-order valence-electron chi connectivity index (χ3n) is 4.79. The zero-order valence-electron chi connectivity index (χ0n) is 17.2. The predicted molar refractivity (Wildman–Crippen MR) is 122 cm³/mol. The Labute approximate surface area is 183 Å². The second kappa shape index (κ2) is 9.13. The van der Waals surface area contributed by atoms with E-state index in [9.17, 15) is 14.7 Å². The first-order chi connectivity index (χ1) is 15.6. The molecule has 4 aromatic rings. The van der Waals surface area contributed by atoms with Crippen LogP contribution in [0, 0.1) is 0 Å². The highest BCUT2D eigenvalue weighted by Crippen LogP contribution is 2.26. The maximum absolute atomic E-state index is 13.1. The molecule has 2 N–H and O–H groups in total. The third kappa shape index (κ3) is 4.06. The van der Waals surface area contributed by atoms with Crippen molar-refractivity contribution in [1.29, 1.82) is 0 Å². The van der Waals surface area contributed by atoms with Crippen molar-refractivity contribution in [3.63, 3.8) is 0 Å².